The monoisotopic (exact) mass is 607 g/mol. The molecule has 0 bridgehead atoms. The van der Waals surface area contributed by atoms with Crippen molar-refractivity contribution in [3.05, 3.63) is 82.8 Å². The highest BCUT2D eigenvalue weighted by Crippen LogP contribution is 2.37. The third-order valence-electron chi connectivity index (χ3n) is 5.69. The molecule has 36 heavy (non-hydrogen) atoms. The summed E-state index contributed by atoms with van der Waals surface area (Å²) in [6.07, 6.45) is -3.93. The number of hydrogen-bond donors (Lipinski definition) is 2. The van der Waals surface area contributed by atoms with Gasteiger partial charge in [0.05, 0.1) is 11.3 Å². The van der Waals surface area contributed by atoms with Crippen molar-refractivity contribution in [3.8, 4) is 11.4 Å². The van der Waals surface area contributed by atoms with E-state index in [0.29, 0.717) is 30.6 Å². The molecule has 2 aromatic carbocycles. The number of aromatic amines is 1. The summed E-state index contributed by atoms with van der Waals surface area (Å²) in [6, 6.07) is 15.5. The number of alkyl halides is 4. The molecule has 0 unspecified atom stereocenters. The molecule has 0 amide bonds. The molecule has 3 heterocycles. The minimum atomic E-state index is -4.52. The fraction of sp³-hybridized carbons (Fsp3) is 0.280. The van der Waals surface area contributed by atoms with Crippen LogP contribution < -0.4 is 5.32 Å². The maximum absolute atomic E-state index is 13.7. The minimum Gasteiger partial charge on any atom is -0.307 e. The lowest BCUT2D eigenvalue weighted by Crippen LogP contribution is -2.31. The first-order chi connectivity index (χ1) is 17.4. The molecule has 0 saturated carbocycles. The van der Waals surface area contributed by atoms with Gasteiger partial charge in [0.15, 0.2) is 5.82 Å². The van der Waals surface area contributed by atoms with Crippen LogP contribution in [0.4, 0.5) is 24.9 Å². The van der Waals surface area contributed by atoms with Crippen molar-refractivity contribution in [1.82, 2.24) is 30.0 Å². The highest BCUT2D eigenvalue weighted by Gasteiger charge is 2.34. The summed E-state index contributed by atoms with van der Waals surface area (Å²) >= 11 is 2.15. The van der Waals surface area contributed by atoms with Crippen LogP contribution >= 0.6 is 22.6 Å². The Balaban J connectivity index is 0.00000148. The van der Waals surface area contributed by atoms with Crippen LogP contribution in [-0.2, 0) is 25.7 Å². The number of hydrogen-bond acceptors (Lipinski definition) is 6. The zero-order valence-electron chi connectivity index (χ0n) is 19.8. The highest BCUT2D eigenvalue weighted by molar-refractivity contribution is 14.1. The maximum atomic E-state index is 13.7. The number of H-pyrrole nitrogens is 1. The van der Waals surface area contributed by atoms with Gasteiger partial charge in [-0.3, -0.25) is 10.00 Å². The van der Waals surface area contributed by atoms with Crippen LogP contribution in [0.25, 0.3) is 11.4 Å². The minimum absolute atomic E-state index is 0.0259. The van der Waals surface area contributed by atoms with E-state index < -0.39 is 11.7 Å². The van der Waals surface area contributed by atoms with Crippen LogP contribution in [0.15, 0.2) is 54.6 Å². The third-order valence-corrected chi connectivity index (χ3v) is 5.69. The Morgan fingerprint density at radius 1 is 1.00 bits per heavy atom. The normalized spacial score (nSPS) is 13.5. The molecule has 4 aromatic rings. The summed E-state index contributed by atoms with van der Waals surface area (Å²) in [4.78, 5) is 17.6. The average Bonchev–Trinajstić information content (AvgIpc) is 3.30. The molecule has 0 aliphatic carbocycles. The number of benzene rings is 2. The fourth-order valence-corrected chi connectivity index (χ4v) is 4.10. The van der Waals surface area contributed by atoms with Gasteiger partial charge in [0.2, 0.25) is 5.95 Å². The third kappa shape index (κ3) is 6.01. The lowest BCUT2D eigenvalue weighted by molar-refractivity contribution is -0.137. The second-order valence-corrected chi connectivity index (χ2v) is 8.18. The predicted molar refractivity (Wildman–Crippen MR) is 141 cm³/mol. The highest BCUT2D eigenvalue weighted by atomic mass is 127. The summed E-state index contributed by atoms with van der Waals surface area (Å²) in [5.41, 5.74) is 1.91. The summed E-state index contributed by atoms with van der Waals surface area (Å²) in [7, 11) is 0. The summed E-state index contributed by atoms with van der Waals surface area (Å²) in [6.45, 7) is 3.80. The number of anilines is 2. The maximum Gasteiger partial charge on any atom is 0.417 e. The predicted octanol–water partition coefficient (Wildman–Crippen LogP) is 5.94. The van der Waals surface area contributed by atoms with Gasteiger partial charge in [-0.15, -0.1) is 5.10 Å². The Labute approximate surface area is 220 Å². The summed E-state index contributed by atoms with van der Waals surface area (Å²) < 4.78 is 41.0. The van der Waals surface area contributed by atoms with E-state index in [0.717, 1.165) is 30.4 Å². The van der Waals surface area contributed by atoms with E-state index >= 15 is 0 Å². The molecule has 2 aromatic heterocycles. The van der Waals surface area contributed by atoms with E-state index in [1.54, 1.807) is 13.0 Å². The molecule has 0 fully saturated rings. The second kappa shape index (κ2) is 11.3. The lowest BCUT2D eigenvalue weighted by atomic mass is 10.0. The molecular weight excluding hydrogens is 582 g/mol. The van der Waals surface area contributed by atoms with E-state index in [4.69, 9.17) is 0 Å². The Hall–Kier alpha value is -3.06. The van der Waals surface area contributed by atoms with Crippen LogP contribution in [-0.4, -0.2) is 41.5 Å². The van der Waals surface area contributed by atoms with Crippen LogP contribution in [0.5, 0.6) is 0 Å². The van der Waals surface area contributed by atoms with Crippen molar-refractivity contribution in [2.24, 2.45) is 0 Å². The van der Waals surface area contributed by atoms with E-state index in [2.05, 4.69) is 70.1 Å². The molecule has 188 valence electrons. The molecular formula is C25H25F3IN7. The van der Waals surface area contributed by atoms with Gasteiger partial charge in [0.25, 0.3) is 0 Å². The largest absolute Gasteiger partial charge is 0.417 e. The van der Waals surface area contributed by atoms with Crippen molar-refractivity contribution in [2.75, 3.05) is 16.8 Å². The van der Waals surface area contributed by atoms with Gasteiger partial charge in [0, 0.05) is 37.2 Å². The SMILES string of the molecule is CI.Cc1nc(Nc2nc(-c3ccccc3C(F)(F)F)nc3c2CN(Cc2ccccc2)CC3)n[nH]1. The molecule has 7 nitrogen and oxygen atoms in total. The van der Waals surface area contributed by atoms with Crippen LogP contribution in [0.1, 0.15) is 28.2 Å². The van der Waals surface area contributed by atoms with Gasteiger partial charge in [-0.05, 0) is 23.5 Å². The number of nitrogens with zero attached hydrogens (tertiary/aromatic N) is 5. The molecule has 0 radical (unpaired) electrons. The first-order valence-electron chi connectivity index (χ1n) is 11.2. The van der Waals surface area contributed by atoms with Crippen molar-refractivity contribution >= 4 is 34.4 Å². The smallest absolute Gasteiger partial charge is 0.307 e. The number of aryl methyl sites for hydroxylation is 1. The molecule has 1 aliphatic heterocycles. The Morgan fingerprint density at radius 3 is 2.42 bits per heavy atom. The number of aromatic nitrogens is 5. The van der Waals surface area contributed by atoms with Crippen molar-refractivity contribution < 1.29 is 13.2 Å². The first kappa shape index (κ1) is 26.0. The number of fused-ring (bicyclic) bond motifs is 1. The van der Waals surface area contributed by atoms with Gasteiger partial charge in [-0.25, -0.2) is 9.97 Å². The summed E-state index contributed by atoms with van der Waals surface area (Å²) in [5, 5.41) is 9.96. The van der Waals surface area contributed by atoms with Gasteiger partial charge in [-0.2, -0.15) is 18.2 Å². The van der Waals surface area contributed by atoms with Gasteiger partial charge in [-0.1, -0.05) is 71.1 Å². The van der Waals surface area contributed by atoms with E-state index in [1.165, 1.54) is 17.7 Å². The molecule has 2 N–H and O–H groups in total. The Bertz CT molecular complexity index is 1310. The topological polar surface area (TPSA) is 82.6 Å². The fourth-order valence-electron chi connectivity index (χ4n) is 4.10. The molecule has 11 heteroatoms. The van der Waals surface area contributed by atoms with E-state index in [9.17, 15) is 13.2 Å². The van der Waals surface area contributed by atoms with Gasteiger partial charge >= 0.3 is 6.18 Å². The standard InChI is InChI=1S/C24H22F3N7.CH3I/c1-15-28-23(33-32-15)31-22-18-14-34(13-16-7-3-2-4-8-16)12-11-20(18)29-21(30-22)17-9-5-6-10-19(17)24(25,26)27;1-2/h2-10H,11-14H2,1H3,(H2,28,29,30,31,32,33);1H3. The average molecular weight is 607 g/mol. The van der Waals surface area contributed by atoms with Gasteiger partial charge in [0.1, 0.15) is 11.6 Å². The molecule has 5 rings (SSSR count). The number of rotatable bonds is 5. The van der Waals surface area contributed by atoms with Crippen molar-refractivity contribution in [3.63, 3.8) is 0 Å². The zero-order valence-corrected chi connectivity index (χ0v) is 21.9. The number of nitrogens with one attached hydrogen (secondary N) is 2. The first-order valence-corrected chi connectivity index (χ1v) is 13.4. The quantitative estimate of drug-likeness (QED) is 0.216. The van der Waals surface area contributed by atoms with E-state index in [1.807, 2.05) is 23.1 Å². The molecule has 0 spiro atoms. The van der Waals surface area contributed by atoms with Crippen molar-refractivity contribution in [2.45, 2.75) is 32.6 Å². The number of halogens is 4. The summed E-state index contributed by atoms with van der Waals surface area (Å²) in [5.74, 6) is 1.35. The van der Waals surface area contributed by atoms with Gasteiger partial charge < -0.3 is 5.32 Å². The van der Waals surface area contributed by atoms with Crippen LogP contribution in [0, 0.1) is 6.92 Å². The van der Waals surface area contributed by atoms with Crippen LogP contribution in [0.3, 0.4) is 0 Å². The Morgan fingerprint density at radius 2 is 1.72 bits per heavy atom. The zero-order chi connectivity index (χ0) is 25.7. The van der Waals surface area contributed by atoms with Crippen LogP contribution in [0.2, 0.25) is 0 Å². The lowest BCUT2D eigenvalue weighted by Gasteiger charge is -2.29. The molecule has 1 aliphatic rings. The van der Waals surface area contributed by atoms with E-state index in [-0.39, 0.29) is 11.4 Å². The molecule has 0 saturated heterocycles. The molecule has 0 atom stereocenters. The Kier molecular flexibility index (Phi) is 8.19. The second-order valence-electron chi connectivity index (χ2n) is 8.18. The van der Waals surface area contributed by atoms with Crippen molar-refractivity contribution in [1.29, 1.82) is 0 Å².